The van der Waals surface area contributed by atoms with Gasteiger partial charge in [-0.3, -0.25) is 9.59 Å². The second-order valence-corrected chi connectivity index (χ2v) is 19.0. The smallest absolute Gasteiger partial charge is 0.407 e. The van der Waals surface area contributed by atoms with Crippen molar-refractivity contribution in [2.75, 3.05) is 58.1 Å². The summed E-state index contributed by atoms with van der Waals surface area (Å²) in [7, 11) is 0. The van der Waals surface area contributed by atoms with Gasteiger partial charge in [-0.2, -0.15) is 0 Å². The lowest BCUT2D eigenvalue weighted by Crippen LogP contribution is -2.46. The van der Waals surface area contributed by atoms with Gasteiger partial charge in [-0.1, -0.05) is 74.5 Å². The Hall–Kier alpha value is -6.10. The van der Waals surface area contributed by atoms with Crippen molar-refractivity contribution in [3.8, 4) is 28.1 Å². The molecule has 14 nitrogen and oxygen atoms in total. The Morgan fingerprint density at radius 3 is 2.00 bits per heavy atom. The van der Waals surface area contributed by atoms with Gasteiger partial charge in [-0.05, 0) is 112 Å². The minimum absolute atomic E-state index is 0.0977. The van der Waals surface area contributed by atoms with Crippen LogP contribution in [0.2, 0.25) is 0 Å². The number of amides is 2. The van der Waals surface area contributed by atoms with Crippen molar-refractivity contribution in [3.05, 3.63) is 132 Å². The first kappa shape index (κ1) is 54.2. The zero-order valence-corrected chi connectivity index (χ0v) is 42.1. The van der Waals surface area contributed by atoms with E-state index in [1.54, 1.807) is 36.4 Å². The van der Waals surface area contributed by atoms with Crippen molar-refractivity contribution in [2.45, 2.75) is 110 Å². The molecule has 0 radical (unpaired) electrons. The maximum atomic E-state index is 14.8. The third kappa shape index (κ3) is 17.3. The number of hydrogen-bond donors (Lipinski definition) is 2. The molecule has 71 heavy (non-hydrogen) atoms. The number of esters is 1. The molecule has 1 aromatic heterocycles. The summed E-state index contributed by atoms with van der Waals surface area (Å²) in [4.78, 5) is 39.5. The summed E-state index contributed by atoms with van der Waals surface area (Å²) in [6.07, 6.45) is -0.0682. The molecule has 2 heterocycles. The van der Waals surface area contributed by atoms with Gasteiger partial charge in [-0.15, -0.1) is 0 Å². The van der Waals surface area contributed by atoms with E-state index in [-0.39, 0.29) is 42.7 Å². The number of ether oxygens (including phenoxy) is 8. The van der Waals surface area contributed by atoms with Gasteiger partial charge in [0.25, 0.3) is 5.91 Å². The fourth-order valence-electron chi connectivity index (χ4n) is 8.44. The van der Waals surface area contributed by atoms with E-state index in [2.05, 4.69) is 29.0 Å². The molecule has 1 aliphatic heterocycles. The summed E-state index contributed by atoms with van der Waals surface area (Å²) >= 11 is 0. The molecule has 1 fully saturated rings. The maximum absolute atomic E-state index is 14.8. The molecule has 2 atom stereocenters. The van der Waals surface area contributed by atoms with Gasteiger partial charge >= 0.3 is 12.1 Å². The van der Waals surface area contributed by atoms with Crippen LogP contribution in [0.4, 0.5) is 14.9 Å². The molecule has 6 rings (SSSR count). The fraction of sp³-hybridized carbons (Fsp3) is 0.446. The summed E-state index contributed by atoms with van der Waals surface area (Å²) in [5.74, 6) is -1.43. The highest BCUT2D eigenvalue weighted by atomic mass is 19.1. The Morgan fingerprint density at radius 1 is 0.761 bits per heavy atom. The quantitative estimate of drug-likeness (QED) is 0.0424. The third-order valence-electron chi connectivity index (χ3n) is 11.3. The number of rotatable bonds is 25. The van der Waals surface area contributed by atoms with E-state index in [1.807, 2.05) is 95.3 Å². The number of halogens is 1. The van der Waals surface area contributed by atoms with Gasteiger partial charge in [0.2, 0.25) is 0 Å². The largest absolute Gasteiger partial charge is 0.491 e. The lowest BCUT2D eigenvalue weighted by Gasteiger charge is -2.41. The van der Waals surface area contributed by atoms with Crippen molar-refractivity contribution in [1.29, 1.82) is 0 Å². The van der Waals surface area contributed by atoms with Gasteiger partial charge in [0, 0.05) is 36.5 Å². The molecule has 2 N–H and O–H groups in total. The van der Waals surface area contributed by atoms with Crippen molar-refractivity contribution >= 4 is 23.7 Å². The van der Waals surface area contributed by atoms with Crippen molar-refractivity contribution in [3.63, 3.8) is 0 Å². The van der Waals surface area contributed by atoms with Crippen LogP contribution < -0.4 is 15.4 Å². The fourth-order valence-corrected chi connectivity index (χ4v) is 8.44. The van der Waals surface area contributed by atoms with Gasteiger partial charge in [0.05, 0.1) is 69.5 Å². The normalized spacial score (nSPS) is 15.6. The molecule has 15 heteroatoms. The summed E-state index contributed by atoms with van der Waals surface area (Å²) < 4.78 is 62.8. The Labute approximate surface area is 417 Å². The number of alkyl carbamates (subject to hydrolysis) is 1. The number of nitrogens with zero attached hydrogens (tertiary/aromatic N) is 1. The molecule has 0 bridgehead atoms. The van der Waals surface area contributed by atoms with E-state index >= 15 is 0 Å². The molecule has 4 aromatic carbocycles. The van der Waals surface area contributed by atoms with E-state index in [0.717, 1.165) is 33.6 Å². The monoisotopic (exact) mass is 979 g/mol. The predicted molar refractivity (Wildman–Crippen MR) is 270 cm³/mol. The number of aromatic nitrogens is 1. The van der Waals surface area contributed by atoms with Crippen LogP contribution in [0.3, 0.4) is 0 Å². The Kier molecular flexibility index (Phi) is 20.1. The highest BCUT2D eigenvalue weighted by molar-refractivity contribution is 6.12. The first-order valence-electron chi connectivity index (χ1n) is 24.4. The lowest BCUT2D eigenvalue weighted by atomic mass is 9.94. The number of benzene rings is 4. The van der Waals surface area contributed by atoms with Gasteiger partial charge in [0.1, 0.15) is 30.4 Å². The second-order valence-electron chi connectivity index (χ2n) is 19.0. The summed E-state index contributed by atoms with van der Waals surface area (Å²) in [6.45, 7) is 16.9. The molecular weight excluding hydrogens is 910 g/mol. The second kappa shape index (κ2) is 26.4. The van der Waals surface area contributed by atoms with Crippen molar-refractivity contribution in [2.24, 2.45) is 0 Å². The zero-order valence-electron chi connectivity index (χ0n) is 42.1. The first-order valence-corrected chi connectivity index (χ1v) is 24.4. The Morgan fingerprint density at radius 2 is 1.37 bits per heavy atom. The minimum atomic E-state index is -0.945. The Bertz CT molecular complexity index is 2440. The molecule has 1 aliphatic rings. The van der Waals surface area contributed by atoms with Crippen LogP contribution in [-0.4, -0.2) is 98.9 Å². The number of anilines is 1. The highest BCUT2D eigenvalue weighted by Crippen LogP contribution is 2.43. The van der Waals surface area contributed by atoms with E-state index in [0.29, 0.717) is 89.2 Å². The van der Waals surface area contributed by atoms with E-state index in [4.69, 9.17) is 37.9 Å². The molecule has 2 amide bonds. The summed E-state index contributed by atoms with van der Waals surface area (Å²) in [5, 5.41) is 5.81. The van der Waals surface area contributed by atoms with Crippen molar-refractivity contribution < 1.29 is 56.7 Å². The molecule has 0 unspecified atom stereocenters. The van der Waals surface area contributed by atoms with Crippen LogP contribution in [0.1, 0.15) is 95.3 Å². The van der Waals surface area contributed by atoms with Gasteiger partial charge < -0.3 is 53.1 Å². The summed E-state index contributed by atoms with van der Waals surface area (Å²) in [5.41, 5.74) is 5.33. The van der Waals surface area contributed by atoms with Gasteiger partial charge in [-0.25, -0.2) is 9.18 Å². The standard InChI is InChI=1S/C56H70FN3O11/c1-39(2)51-50(53(62)59-44-22-24-45(25-23-44)67-35-34-66-33-32-65-31-30-64-29-27-58-54(63)68-38-40-14-10-8-11-15-40)49(41-16-12-9-13-17-41)52(42-18-20-43(57)21-19-42)60(51)28-26-46-36-47(70-56(6,7)69-46)37-48(61)71-55(3,4)5/h8-25,39,46-47H,26-38H2,1-7H3,(H,58,63)(H,59,62)/t46-,47-/m1/s1. The molecule has 0 aliphatic carbocycles. The van der Waals surface area contributed by atoms with Crippen LogP contribution in [0.15, 0.2) is 109 Å². The third-order valence-corrected chi connectivity index (χ3v) is 11.3. The van der Waals surface area contributed by atoms with E-state index in [1.165, 1.54) is 12.1 Å². The van der Waals surface area contributed by atoms with Crippen LogP contribution in [0, 0.1) is 5.82 Å². The van der Waals surface area contributed by atoms with Crippen LogP contribution >= 0.6 is 0 Å². The van der Waals surface area contributed by atoms with E-state index < -0.39 is 23.6 Å². The van der Waals surface area contributed by atoms with Crippen LogP contribution in [0.5, 0.6) is 5.75 Å². The molecular formula is C56H70FN3O11. The number of hydrogen-bond acceptors (Lipinski definition) is 11. The van der Waals surface area contributed by atoms with Gasteiger partial charge in [0.15, 0.2) is 5.79 Å². The lowest BCUT2D eigenvalue weighted by molar-refractivity contribution is -0.301. The number of nitrogens with one attached hydrogen (secondary N) is 2. The average Bonchev–Trinajstić information content (AvgIpc) is 3.67. The van der Waals surface area contributed by atoms with E-state index in [9.17, 15) is 18.8 Å². The average molecular weight is 980 g/mol. The van der Waals surface area contributed by atoms with Crippen LogP contribution in [-0.2, 0) is 51.1 Å². The molecule has 382 valence electrons. The highest BCUT2D eigenvalue weighted by Gasteiger charge is 2.38. The zero-order chi connectivity index (χ0) is 50.8. The number of carbonyl (C=O) groups is 3. The maximum Gasteiger partial charge on any atom is 0.407 e. The SMILES string of the molecule is CC(C)c1c(C(=O)Nc2ccc(OCCOCCOCCOCCNC(=O)OCc3ccccc3)cc2)c(-c2ccccc2)c(-c2ccc(F)cc2)n1CC[C@@H]1C[C@H](CC(=O)OC(C)(C)C)OC(C)(C)O1. The summed E-state index contributed by atoms with van der Waals surface area (Å²) in [6, 6.07) is 32.8. The number of carbonyl (C=O) groups excluding carboxylic acids is 3. The van der Waals surface area contributed by atoms with Crippen molar-refractivity contribution in [1.82, 2.24) is 9.88 Å². The molecule has 0 spiro atoms. The first-order chi connectivity index (χ1) is 34.0. The Balaban J connectivity index is 1.04. The minimum Gasteiger partial charge on any atom is -0.491 e. The van der Waals surface area contributed by atoms with Crippen LogP contribution in [0.25, 0.3) is 22.4 Å². The molecule has 1 saturated heterocycles. The predicted octanol–water partition coefficient (Wildman–Crippen LogP) is 10.7. The topological polar surface area (TPSA) is 154 Å². The molecule has 0 saturated carbocycles. The molecule has 5 aromatic rings.